The number of nitrogens with one attached hydrogen (secondary N) is 2. The van der Waals surface area contributed by atoms with Crippen molar-refractivity contribution in [3.63, 3.8) is 0 Å². The molecule has 9 heteroatoms. The highest BCUT2D eigenvalue weighted by molar-refractivity contribution is 7.80. The molecule has 4 aromatic carbocycles. The van der Waals surface area contributed by atoms with E-state index in [-0.39, 0.29) is 25.2 Å². The van der Waals surface area contributed by atoms with Crippen LogP contribution in [0, 0.1) is 0 Å². The van der Waals surface area contributed by atoms with E-state index >= 15 is 0 Å². The Morgan fingerprint density at radius 3 is 2.23 bits per heavy atom. The zero-order valence-corrected chi connectivity index (χ0v) is 26.4. The maximum Gasteiger partial charge on any atom is 0.409 e. The third-order valence-electron chi connectivity index (χ3n) is 7.63. The largest absolute Gasteiger partial charge is 0.493 e. The summed E-state index contributed by atoms with van der Waals surface area (Å²) in [6.45, 7) is 2.18. The molecule has 0 fully saturated rings. The smallest absolute Gasteiger partial charge is 0.409 e. The van der Waals surface area contributed by atoms with Crippen molar-refractivity contribution in [1.29, 1.82) is 0 Å². The zero-order chi connectivity index (χ0) is 30.9. The van der Waals surface area contributed by atoms with Gasteiger partial charge in [0.15, 0.2) is 16.6 Å². The maximum absolute atomic E-state index is 12.8. The number of benzene rings is 4. The number of fused-ring (bicyclic) bond motifs is 3. The third kappa shape index (κ3) is 7.81. The van der Waals surface area contributed by atoms with Crippen molar-refractivity contribution < 1.29 is 19.0 Å². The molecule has 1 aliphatic carbocycles. The van der Waals surface area contributed by atoms with Crippen molar-refractivity contribution >= 4 is 35.0 Å². The van der Waals surface area contributed by atoms with Gasteiger partial charge in [-0.3, -0.25) is 0 Å². The average Bonchev–Trinajstić information content (AvgIpc) is 3.37. The summed E-state index contributed by atoms with van der Waals surface area (Å²) in [7, 11) is 3.31. The molecule has 0 saturated carbocycles. The van der Waals surface area contributed by atoms with E-state index in [1.165, 1.54) is 32.7 Å². The molecule has 7 nitrogen and oxygen atoms in total. The number of amides is 1. The van der Waals surface area contributed by atoms with E-state index in [0.717, 1.165) is 17.0 Å². The fourth-order valence-corrected chi connectivity index (χ4v) is 5.55. The Kier molecular flexibility index (Phi) is 10.6. The number of halogens is 1. The number of methoxy groups -OCH3 is 1. The molecule has 1 amide bonds. The highest BCUT2D eigenvalue weighted by Crippen LogP contribution is 2.44. The molecule has 0 atom stereocenters. The molecule has 0 radical (unpaired) electrons. The van der Waals surface area contributed by atoms with Crippen LogP contribution >= 0.6 is 23.8 Å². The van der Waals surface area contributed by atoms with Crippen LogP contribution in [0.5, 0.6) is 11.5 Å². The molecule has 0 spiro atoms. The first-order valence-corrected chi connectivity index (χ1v) is 15.3. The number of thiocarbonyl (C=S) groups is 1. The molecule has 0 saturated heterocycles. The molecule has 228 valence electrons. The van der Waals surface area contributed by atoms with Crippen LogP contribution in [-0.2, 0) is 17.7 Å². The fourth-order valence-electron chi connectivity index (χ4n) is 5.25. The van der Waals surface area contributed by atoms with Gasteiger partial charge in [0.1, 0.15) is 13.2 Å². The Morgan fingerprint density at radius 1 is 0.886 bits per heavy atom. The van der Waals surface area contributed by atoms with Crippen LogP contribution in [0.25, 0.3) is 11.1 Å². The third-order valence-corrected chi connectivity index (χ3v) is 8.17. The van der Waals surface area contributed by atoms with Gasteiger partial charge in [0.25, 0.3) is 0 Å². The second-order valence-electron chi connectivity index (χ2n) is 10.5. The number of nitrogens with zero attached hydrogens (tertiary/aromatic N) is 1. The van der Waals surface area contributed by atoms with Crippen molar-refractivity contribution in [3.8, 4) is 22.6 Å². The first kappa shape index (κ1) is 31.2. The van der Waals surface area contributed by atoms with Crippen LogP contribution in [0.15, 0.2) is 91.0 Å². The lowest BCUT2D eigenvalue weighted by atomic mass is 9.98. The number of carbonyl (C=O) groups excluding carboxylic acids is 1. The Hall–Kier alpha value is -4.27. The highest BCUT2D eigenvalue weighted by Gasteiger charge is 2.29. The summed E-state index contributed by atoms with van der Waals surface area (Å²) in [6.07, 6.45) is 0.455. The molecule has 0 unspecified atom stereocenters. The second-order valence-corrected chi connectivity index (χ2v) is 11.4. The van der Waals surface area contributed by atoms with Crippen LogP contribution in [-0.4, -0.2) is 56.6 Å². The van der Waals surface area contributed by atoms with Crippen LogP contribution < -0.4 is 20.1 Å². The van der Waals surface area contributed by atoms with Gasteiger partial charge >= 0.3 is 6.09 Å². The number of hydrogen-bond donors (Lipinski definition) is 2. The predicted octanol–water partition coefficient (Wildman–Crippen LogP) is 6.82. The molecule has 0 aromatic heterocycles. The van der Waals surface area contributed by atoms with Gasteiger partial charge in [-0.2, -0.15) is 0 Å². The van der Waals surface area contributed by atoms with Crippen LogP contribution in [0.4, 0.5) is 4.79 Å². The van der Waals surface area contributed by atoms with Crippen molar-refractivity contribution in [2.45, 2.75) is 18.9 Å². The van der Waals surface area contributed by atoms with E-state index in [1.807, 2.05) is 66.7 Å². The molecule has 0 heterocycles. The highest BCUT2D eigenvalue weighted by atomic mass is 35.5. The number of likely N-dealkylation sites (N-methyl/N-ethyl adjacent to an activating group) is 1. The maximum atomic E-state index is 12.8. The fraction of sp³-hybridized carbons (Fsp3) is 0.257. The van der Waals surface area contributed by atoms with Crippen molar-refractivity contribution in [3.05, 3.63) is 118 Å². The number of rotatable bonds is 12. The normalized spacial score (nSPS) is 11.7. The van der Waals surface area contributed by atoms with Gasteiger partial charge in [0.05, 0.1) is 13.7 Å². The Labute approximate surface area is 269 Å². The quantitative estimate of drug-likeness (QED) is 0.167. The monoisotopic (exact) mass is 629 g/mol. The zero-order valence-electron chi connectivity index (χ0n) is 24.8. The summed E-state index contributed by atoms with van der Waals surface area (Å²) in [4.78, 5) is 14.3. The van der Waals surface area contributed by atoms with Gasteiger partial charge in [-0.25, -0.2) is 4.79 Å². The van der Waals surface area contributed by atoms with Crippen molar-refractivity contribution in [1.82, 2.24) is 15.5 Å². The minimum Gasteiger partial charge on any atom is -0.493 e. The molecule has 2 N–H and O–H groups in total. The summed E-state index contributed by atoms with van der Waals surface area (Å²) in [5, 5.41) is 7.76. The lowest BCUT2D eigenvalue weighted by Crippen LogP contribution is -2.35. The standard InChI is InChI=1S/C35H36ClN3O4S/c1-39(35(40)43-23-31-29-9-5-3-7-27(29)28-8-4-6-10-30(28)31)19-20-42-32-16-13-25(21-33(32)41-2)22-38-34(44)37-18-17-24-11-14-26(36)15-12-24/h3-16,21,31H,17-20,22-23H2,1-2H3,(H2,37,38,44). The van der Waals surface area contributed by atoms with Crippen LogP contribution in [0.2, 0.25) is 5.02 Å². The van der Waals surface area contributed by atoms with E-state index in [2.05, 4.69) is 34.9 Å². The van der Waals surface area contributed by atoms with Crippen LogP contribution in [0.3, 0.4) is 0 Å². The summed E-state index contributed by atoms with van der Waals surface area (Å²) in [5.74, 6) is 1.23. The molecule has 1 aliphatic rings. The minimum absolute atomic E-state index is 0.0211. The number of hydrogen-bond acceptors (Lipinski definition) is 5. The van der Waals surface area contributed by atoms with E-state index in [4.69, 9.17) is 38.0 Å². The molecular weight excluding hydrogens is 594 g/mol. The van der Waals surface area contributed by atoms with Crippen LogP contribution in [0.1, 0.15) is 28.2 Å². The second kappa shape index (κ2) is 14.9. The Bertz CT molecular complexity index is 1550. The lowest BCUT2D eigenvalue weighted by Gasteiger charge is -2.20. The van der Waals surface area contributed by atoms with Gasteiger partial charge in [-0.05, 0) is 76.3 Å². The van der Waals surface area contributed by atoms with Gasteiger partial charge < -0.3 is 29.7 Å². The molecule has 0 aliphatic heterocycles. The van der Waals surface area contributed by atoms with Gasteiger partial charge in [-0.1, -0.05) is 78.3 Å². The Balaban J connectivity index is 1.04. The summed E-state index contributed by atoms with van der Waals surface area (Å²) < 4.78 is 17.3. The topological polar surface area (TPSA) is 72.1 Å². The van der Waals surface area contributed by atoms with E-state index in [9.17, 15) is 4.79 Å². The Morgan fingerprint density at radius 2 is 1.55 bits per heavy atom. The van der Waals surface area contributed by atoms with Gasteiger partial charge in [-0.15, -0.1) is 0 Å². The first-order valence-electron chi connectivity index (χ1n) is 14.5. The number of ether oxygens (including phenoxy) is 3. The van der Waals surface area contributed by atoms with E-state index in [1.54, 1.807) is 14.2 Å². The summed E-state index contributed by atoms with van der Waals surface area (Å²) >= 11 is 11.4. The first-order chi connectivity index (χ1) is 21.4. The molecule has 4 aromatic rings. The molecule has 44 heavy (non-hydrogen) atoms. The summed E-state index contributed by atoms with van der Waals surface area (Å²) in [6, 6.07) is 30.1. The molecule has 5 rings (SSSR count). The van der Waals surface area contributed by atoms with E-state index in [0.29, 0.717) is 36.2 Å². The van der Waals surface area contributed by atoms with E-state index < -0.39 is 0 Å². The van der Waals surface area contributed by atoms with Gasteiger partial charge in [0.2, 0.25) is 0 Å². The predicted molar refractivity (Wildman–Crippen MR) is 179 cm³/mol. The minimum atomic E-state index is -0.387. The average molecular weight is 630 g/mol. The summed E-state index contributed by atoms with van der Waals surface area (Å²) in [5.41, 5.74) is 6.95. The van der Waals surface area contributed by atoms with Crippen molar-refractivity contribution in [2.24, 2.45) is 0 Å². The number of carbonyl (C=O) groups is 1. The van der Waals surface area contributed by atoms with Gasteiger partial charge in [0, 0.05) is 31.1 Å². The lowest BCUT2D eigenvalue weighted by molar-refractivity contribution is 0.103. The van der Waals surface area contributed by atoms with Crippen molar-refractivity contribution in [2.75, 3.05) is 40.5 Å². The SMILES string of the molecule is COc1cc(CNC(=S)NCCc2ccc(Cl)cc2)ccc1OCCN(C)C(=O)OCC1c2ccccc2-c2ccccc21. The molecular formula is C35H36ClN3O4S. The molecule has 0 bridgehead atoms.